The van der Waals surface area contributed by atoms with Crippen LogP contribution in [0.5, 0.6) is 0 Å². The molecule has 0 saturated heterocycles. The number of carbonyl (C=O) groups excluding carboxylic acids is 1. The second-order valence-electron chi connectivity index (χ2n) is 4.14. The smallest absolute Gasteiger partial charge is 0.325 e. The van der Waals surface area contributed by atoms with Gasteiger partial charge in [0.15, 0.2) is 0 Å². The molecule has 0 aliphatic carbocycles. The van der Waals surface area contributed by atoms with E-state index in [0.717, 1.165) is 12.1 Å². The maximum atomic E-state index is 12.8. The average molecular weight is 295 g/mol. The van der Waals surface area contributed by atoms with E-state index >= 15 is 0 Å². The minimum atomic E-state index is -4.57. The number of hydrogen-bond donors (Lipinski definition) is 2. The third-order valence-corrected chi connectivity index (χ3v) is 2.74. The molecule has 2 N–H and O–H groups in total. The van der Waals surface area contributed by atoms with Gasteiger partial charge in [-0.15, -0.1) is 0 Å². The van der Waals surface area contributed by atoms with Crippen molar-refractivity contribution in [1.29, 1.82) is 0 Å². The predicted molar refractivity (Wildman–Crippen MR) is 68.2 cm³/mol. The van der Waals surface area contributed by atoms with Gasteiger partial charge >= 0.3 is 6.18 Å². The molecule has 0 saturated carbocycles. The molecule has 1 aromatic rings. The van der Waals surface area contributed by atoms with Crippen LogP contribution >= 0.6 is 11.6 Å². The summed E-state index contributed by atoms with van der Waals surface area (Å²) in [4.78, 5) is 11.7. The molecule has 19 heavy (non-hydrogen) atoms. The fourth-order valence-corrected chi connectivity index (χ4v) is 1.69. The second-order valence-corrected chi connectivity index (χ2v) is 4.57. The van der Waals surface area contributed by atoms with E-state index in [1.807, 2.05) is 0 Å². The number of amides is 1. The number of alkyl halides is 3. The highest BCUT2D eigenvalue weighted by atomic mass is 35.5. The van der Waals surface area contributed by atoms with E-state index in [4.69, 9.17) is 11.6 Å². The number of nitrogens with one attached hydrogen (secondary N) is 2. The Morgan fingerprint density at radius 3 is 2.58 bits per heavy atom. The molecule has 1 atom stereocenters. The molecule has 106 valence electrons. The number of halogens is 4. The van der Waals surface area contributed by atoms with Crippen LogP contribution in [-0.4, -0.2) is 19.5 Å². The van der Waals surface area contributed by atoms with E-state index in [1.165, 1.54) is 6.07 Å². The second kappa shape index (κ2) is 6.25. The normalized spacial score (nSPS) is 13.2. The number of rotatable bonds is 4. The summed E-state index contributed by atoms with van der Waals surface area (Å²) in [7, 11) is 1.66. The average Bonchev–Trinajstić information content (AvgIpc) is 2.30. The Morgan fingerprint density at radius 2 is 2.05 bits per heavy atom. The molecule has 1 rings (SSSR count). The van der Waals surface area contributed by atoms with Crippen LogP contribution in [0.15, 0.2) is 18.2 Å². The summed E-state index contributed by atoms with van der Waals surface area (Å²) >= 11 is 5.55. The minimum Gasteiger partial charge on any atom is -0.325 e. The predicted octanol–water partition coefficient (Wildman–Crippen LogP) is 3.15. The zero-order valence-electron chi connectivity index (χ0n) is 10.4. The molecule has 0 heterocycles. The number of carbonyl (C=O) groups is 1. The topological polar surface area (TPSA) is 41.1 Å². The van der Waals surface area contributed by atoms with Gasteiger partial charge in [0.25, 0.3) is 0 Å². The lowest BCUT2D eigenvalue weighted by molar-refractivity contribution is -0.137. The molecule has 0 radical (unpaired) electrons. The number of anilines is 1. The molecule has 0 fully saturated rings. The van der Waals surface area contributed by atoms with Crippen LogP contribution in [0.2, 0.25) is 5.02 Å². The van der Waals surface area contributed by atoms with Gasteiger partial charge in [-0.05, 0) is 25.2 Å². The van der Waals surface area contributed by atoms with Gasteiger partial charge < -0.3 is 10.6 Å². The molecule has 3 nitrogen and oxygen atoms in total. The Kier molecular flexibility index (Phi) is 5.20. The van der Waals surface area contributed by atoms with Crippen LogP contribution in [0.3, 0.4) is 0 Å². The van der Waals surface area contributed by atoms with Gasteiger partial charge in [-0.1, -0.05) is 18.5 Å². The van der Waals surface area contributed by atoms with Crippen molar-refractivity contribution in [2.24, 2.45) is 5.92 Å². The van der Waals surface area contributed by atoms with Gasteiger partial charge in [0, 0.05) is 17.5 Å². The first kappa shape index (κ1) is 15.8. The largest absolute Gasteiger partial charge is 0.418 e. The third-order valence-electron chi connectivity index (χ3n) is 2.50. The summed E-state index contributed by atoms with van der Waals surface area (Å²) in [5.41, 5.74) is -1.24. The van der Waals surface area contributed by atoms with E-state index in [9.17, 15) is 18.0 Å². The Morgan fingerprint density at radius 1 is 1.42 bits per heavy atom. The van der Waals surface area contributed by atoms with Crippen LogP contribution in [0.1, 0.15) is 12.5 Å². The Hall–Kier alpha value is -1.27. The molecule has 0 aliphatic heterocycles. The first-order chi connectivity index (χ1) is 8.75. The monoisotopic (exact) mass is 294 g/mol. The van der Waals surface area contributed by atoms with Crippen LogP contribution in [0.25, 0.3) is 0 Å². The summed E-state index contributed by atoms with van der Waals surface area (Å²) in [6.45, 7) is 2.00. The summed E-state index contributed by atoms with van der Waals surface area (Å²) in [5, 5.41) is 5.02. The number of hydrogen-bond acceptors (Lipinski definition) is 2. The van der Waals surface area contributed by atoms with Crippen molar-refractivity contribution < 1.29 is 18.0 Å². The van der Waals surface area contributed by atoms with Crippen molar-refractivity contribution >= 4 is 23.2 Å². The maximum absolute atomic E-state index is 12.8. The molecular formula is C12H14ClF3N2O. The van der Waals surface area contributed by atoms with Gasteiger partial charge in [0.1, 0.15) is 0 Å². The zero-order chi connectivity index (χ0) is 14.6. The summed E-state index contributed by atoms with van der Waals surface area (Å²) in [5.74, 6) is -0.927. The van der Waals surface area contributed by atoms with Gasteiger partial charge in [0.2, 0.25) is 5.91 Å². The molecule has 0 spiro atoms. The van der Waals surface area contributed by atoms with Gasteiger partial charge in [0.05, 0.1) is 11.3 Å². The molecule has 1 aromatic carbocycles. The Labute approximate surface area is 114 Å². The Bertz CT molecular complexity index is 463. The molecule has 0 aliphatic rings. The van der Waals surface area contributed by atoms with Gasteiger partial charge in [-0.3, -0.25) is 4.79 Å². The first-order valence-electron chi connectivity index (χ1n) is 5.58. The van der Waals surface area contributed by atoms with E-state index < -0.39 is 23.6 Å². The van der Waals surface area contributed by atoms with Gasteiger partial charge in [-0.2, -0.15) is 13.2 Å². The molecule has 0 aromatic heterocycles. The van der Waals surface area contributed by atoms with Crippen LogP contribution in [0, 0.1) is 5.92 Å². The van der Waals surface area contributed by atoms with Crippen molar-refractivity contribution in [2.45, 2.75) is 13.1 Å². The highest BCUT2D eigenvalue weighted by Crippen LogP contribution is 2.36. The highest BCUT2D eigenvalue weighted by molar-refractivity contribution is 6.30. The molecule has 0 bridgehead atoms. The number of benzene rings is 1. The maximum Gasteiger partial charge on any atom is 0.418 e. The summed E-state index contributed by atoms with van der Waals surface area (Å²) in [6, 6.07) is 3.24. The van der Waals surface area contributed by atoms with E-state index in [0.29, 0.717) is 6.54 Å². The van der Waals surface area contributed by atoms with Crippen LogP contribution in [0.4, 0.5) is 18.9 Å². The van der Waals surface area contributed by atoms with Crippen LogP contribution < -0.4 is 10.6 Å². The highest BCUT2D eigenvalue weighted by Gasteiger charge is 2.34. The van der Waals surface area contributed by atoms with Crippen molar-refractivity contribution in [3.05, 3.63) is 28.8 Å². The third kappa shape index (κ3) is 4.40. The lowest BCUT2D eigenvalue weighted by Gasteiger charge is -2.16. The SMILES string of the molecule is CNCC(C)C(=O)Nc1ccc(Cl)cc1C(F)(F)F. The fourth-order valence-electron chi connectivity index (χ4n) is 1.51. The van der Waals surface area contributed by atoms with Crippen molar-refractivity contribution in [3.63, 3.8) is 0 Å². The molecular weight excluding hydrogens is 281 g/mol. The summed E-state index contributed by atoms with van der Waals surface area (Å²) < 4.78 is 38.4. The van der Waals surface area contributed by atoms with E-state index in [-0.39, 0.29) is 10.7 Å². The van der Waals surface area contributed by atoms with Crippen molar-refractivity contribution in [1.82, 2.24) is 5.32 Å². The Balaban J connectivity index is 2.98. The van der Waals surface area contributed by atoms with E-state index in [2.05, 4.69) is 10.6 Å². The van der Waals surface area contributed by atoms with Crippen LogP contribution in [-0.2, 0) is 11.0 Å². The van der Waals surface area contributed by atoms with Gasteiger partial charge in [-0.25, -0.2) is 0 Å². The molecule has 1 unspecified atom stereocenters. The quantitative estimate of drug-likeness (QED) is 0.895. The lowest BCUT2D eigenvalue weighted by Crippen LogP contribution is -2.29. The standard InChI is InChI=1S/C12H14ClF3N2O/c1-7(6-17-2)11(19)18-10-4-3-8(13)5-9(10)12(14,15)16/h3-5,7,17H,6H2,1-2H3,(H,18,19). The van der Waals surface area contributed by atoms with Crippen molar-refractivity contribution in [2.75, 3.05) is 18.9 Å². The summed E-state index contributed by atoms with van der Waals surface area (Å²) in [6.07, 6.45) is -4.57. The minimum absolute atomic E-state index is 0.0337. The first-order valence-corrected chi connectivity index (χ1v) is 5.95. The molecule has 1 amide bonds. The lowest BCUT2D eigenvalue weighted by atomic mass is 10.1. The fraction of sp³-hybridized carbons (Fsp3) is 0.417. The van der Waals surface area contributed by atoms with Crippen molar-refractivity contribution in [3.8, 4) is 0 Å². The van der Waals surface area contributed by atoms with E-state index in [1.54, 1.807) is 14.0 Å². The molecule has 7 heteroatoms. The zero-order valence-corrected chi connectivity index (χ0v) is 11.2.